The van der Waals surface area contributed by atoms with Gasteiger partial charge in [-0.05, 0) is 79.5 Å². The molecule has 5 nitrogen and oxygen atoms in total. The minimum absolute atomic E-state index is 0.0333. The molecule has 4 rings (SSSR count). The fourth-order valence-corrected chi connectivity index (χ4v) is 4.29. The van der Waals surface area contributed by atoms with Gasteiger partial charge in [-0.25, -0.2) is 4.98 Å². The molecule has 0 amide bonds. The van der Waals surface area contributed by atoms with Crippen LogP contribution < -0.4 is 16.0 Å². The lowest BCUT2D eigenvalue weighted by molar-refractivity contribution is 0.0515. The Hall–Kier alpha value is -2.67. The summed E-state index contributed by atoms with van der Waals surface area (Å²) in [5.41, 5.74) is 4.28. The summed E-state index contributed by atoms with van der Waals surface area (Å²) < 4.78 is 5.62. The first-order valence-electron chi connectivity index (χ1n) is 10.7. The van der Waals surface area contributed by atoms with Crippen molar-refractivity contribution in [1.29, 1.82) is 0 Å². The third kappa shape index (κ3) is 5.76. The van der Waals surface area contributed by atoms with Gasteiger partial charge in [0.2, 0.25) is 0 Å². The largest absolute Gasteiger partial charge is 0.381 e. The van der Waals surface area contributed by atoms with Gasteiger partial charge in [0.15, 0.2) is 5.11 Å². The standard InChI is InChI=1S/C25H27ClN4OS/c1-18-3-2-4-21(15-18)29-23-10-9-22(16-27-23)30-24(32)28-17-25(11-13-31-14-12-25)19-5-7-20(26)8-6-19/h2-10,15-16H,11-14,17H2,1H3,(H,27,29)(H2,28,30,32). The van der Waals surface area contributed by atoms with Gasteiger partial charge in [-0.15, -0.1) is 0 Å². The summed E-state index contributed by atoms with van der Waals surface area (Å²) in [7, 11) is 0. The van der Waals surface area contributed by atoms with Crippen LogP contribution >= 0.6 is 23.8 Å². The molecule has 32 heavy (non-hydrogen) atoms. The van der Waals surface area contributed by atoms with E-state index in [2.05, 4.69) is 52.1 Å². The number of pyridine rings is 1. The molecule has 166 valence electrons. The van der Waals surface area contributed by atoms with Gasteiger partial charge in [-0.3, -0.25) is 0 Å². The van der Waals surface area contributed by atoms with Crippen LogP contribution in [0.3, 0.4) is 0 Å². The average Bonchev–Trinajstić information content (AvgIpc) is 2.80. The van der Waals surface area contributed by atoms with E-state index in [0.717, 1.165) is 54.8 Å². The highest BCUT2D eigenvalue weighted by atomic mass is 35.5. The van der Waals surface area contributed by atoms with Crippen molar-refractivity contribution in [1.82, 2.24) is 10.3 Å². The van der Waals surface area contributed by atoms with Gasteiger partial charge in [0, 0.05) is 35.9 Å². The normalized spacial score (nSPS) is 15.1. The number of nitrogens with zero attached hydrogens (tertiary/aromatic N) is 1. The van der Waals surface area contributed by atoms with E-state index in [9.17, 15) is 0 Å². The second-order valence-corrected chi connectivity index (χ2v) is 8.98. The van der Waals surface area contributed by atoms with Gasteiger partial charge >= 0.3 is 0 Å². The van der Waals surface area contributed by atoms with E-state index in [0.29, 0.717) is 5.11 Å². The molecular formula is C25H27ClN4OS. The topological polar surface area (TPSA) is 58.2 Å². The number of halogens is 1. The lowest BCUT2D eigenvalue weighted by Gasteiger charge is -2.38. The fraction of sp³-hybridized carbons (Fsp3) is 0.280. The molecule has 0 bridgehead atoms. The van der Waals surface area contributed by atoms with Crippen molar-refractivity contribution in [2.24, 2.45) is 0 Å². The molecule has 1 aliphatic rings. The van der Waals surface area contributed by atoms with Crippen LogP contribution in [0.4, 0.5) is 17.2 Å². The lowest BCUT2D eigenvalue weighted by atomic mass is 9.74. The van der Waals surface area contributed by atoms with E-state index in [1.807, 2.05) is 36.4 Å². The van der Waals surface area contributed by atoms with Crippen molar-refractivity contribution in [2.75, 3.05) is 30.4 Å². The number of rotatable bonds is 6. The number of ether oxygens (including phenoxy) is 1. The Morgan fingerprint density at radius 1 is 1.06 bits per heavy atom. The SMILES string of the molecule is Cc1cccc(Nc2ccc(NC(=S)NCC3(c4ccc(Cl)cc4)CCOCC3)cn2)c1. The summed E-state index contributed by atoms with van der Waals surface area (Å²) in [6.45, 7) is 4.27. The Balaban J connectivity index is 1.35. The number of aromatic nitrogens is 1. The fourth-order valence-electron chi connectivity index (χ4n) is 3.97. The molecule has 0 spiro atoms. The van der Waals surface area contributed by atoms with Crippen molar-refractivity contribution >= 4 is 46.1 Å². The van der Waals surface area contributed by atoms with Crippen molar-refractivity contribution in [3.05, 3.63) is 83.0 Å². The van der Waals surface area contributed by atoms with Crippen LogP contribution in [0.1, 0.15) is 24.0 Å². The summed E-state index contributed by atoms with van der Waals surface area (Å²) in [6.07, 6.45) is 3.64. The first-order chi connectivity index (χ1) is 15.5. The van der Waals surface area contributed by atoms with Crippen LogP contribution in [-0.4, -0.2) is 29.9 Å². The molecule has 0 atom stereocenters. The summed E-state index contributed by atoms with van der Waals surface area (Å²) in [6, 6.07) is 20.2. The molecule has 0 aliphatic carbocycles. The highest BCUT2D eigenvalue weighted by Gasteiger charge is 2.34. The molecule has 0 radical (unpaired) electrons. The van der Waals surface area contributed by atoms with Crippen LogP contribution in [0.25, 0.3) is 0 Å². The van der Waals surface area contributed by atoms with E-state index in [4.69, 9.17) is 28.6 Å². The zero-order chi connectivity index (χ0) is 22.4. The van der Waals surface area contributed by atoms with Crippen molar-refractivity contribution in [3.8, 4) is 0 Å². The van der Waals surface area contributed by atoms with E-state index in [1.54, 1.807) is 6.20 Å². The highest BCUT2D eigenvalue weighted by molar-refractivity contribution is 7.80. The molecule has 1 aliphatic heterocycles. The van der Waals surface area contributed by atoms with E-state index in [-0.39, 0.29) is 5.41 Å². The molecule has 0 saturated carbocycles. The molecule has 0 unspecified atom stereocenters. The molecule has 2 aromatic carbocycles. The van der Waals surface area contributed by atoms with Gasteiger partial charge < -0.3 is 20.7 Å². The number of nitrogens with one attached hydrogen (secondary N) is 3. The first kappa shape index (κ1) is 22.5. The average molecular weight is 467 g/mol. The van der Waals surface area contributed by atoms with Crippen LogP contribution in [0.5, 0.6) is 0 Å². The molecular weight excluding hydrogens is 440 g/mol. The molecule has 3 N–H and O–H groups in total. The van der Waals surface area contributed by atoms with E-state index < -0.39 is 0 Å². The monoisotopic (exact) mass is 466 g/mol. The summed E-state index contributed by atoms with van der Waals surface area (Å²) in [5.74, 6) is 0.781. The third-order valence-electron chi connectivity index (χ3n) is 5.81. The molecule has 7 heteroatoms. The Morgan fingerprint density at radius 2 is 1.84 bits per heavy atom. The Bertz CT molecular complexity index is 1050. The molecule has 1 fully saturated rings. The number of hydrogen-bond acceptors (Lipinski definition) is 4. The zero-order valence-corrected chi connectivity index (χ0v) is 19.6. The van der Waals surface area contributed by atoms with Crippen LogP contribution in [0.2, 0.25) is 5.02 Å². The maximum atomic E-state index is 6.10. The maximum absolute atomic E-state index is 6.10. The number of benzene rings is 2. The molecule has 2 heterocycles. The predicted octanol–water partition coefficient (Wildman–Crippen LogP) is 5.82. The van der Waals surface area contributed by atoms with Crippen molar-refractivity contribution < 1.29 is 4.74 Å². The van der Waals surface area contributed by atoms with Crippen LogP contribution in [0.15, 0.2) is 66.9 Å². The molecule has 1 aromatic heterocycles. The second-order valence-electron chi connectivity index (χ2n) is 8.13. The smallest absolute Gasteiger partial charge is 0.170 e. The Kier molecular flexibility index (Phi) is 7.25. The Morgan fingerprint density at radius 3 is 2.53 bits per heavy atom. The third-order valence-corrected chi connectivity index (χ3v) is 6.30. The van der Waals surface area contributed by atoms with Gasteiger partial charge in [0.25, 0.3) is 0 Å². The molecule has 1 saturated heterocycles. The van der Waals surface area contributed by atoms with Crippen molar-refractivity contribution in [3.63, 3.8) is 0 Å². The van der Waals surface area contributed by atoms with Gasteiger partial charge in [0.1, 0.15) is 5.82 Å². The minimum Gasteiger partial charge on any atom is -0.381 e. The lowest BCUT2D eigenvalue weighted by Crippen LogP contribution is -2.45. The summed E-state index contributed by atoms with van der Waals surface area (Å²) >= 11 is 11.7. The number of aryl methyl sites for hydroxylation is 1. The molecule has 3 aromatic rings. The first-order valence-corrected chi connectivity index (χ1v) is 11.5. The number of hydrogen-bond donors (Lipinski definition) is 3. The summed E-state index contributed by atoms with van der Waals surface area (Å²) in [5, 5.41) is 11.3. The maximum Gasteiger partial charge on any atom is 0.170 e. The Labute approximate surface area is 199 Å². The van der Waals surface area contributed by atoms with Crippen molar-refractivity contribution in [2.45, 2.75) is 25.2 Å². The number of thiocarbonyl (C=S) groups is 1. The quantitative estimate of drug-likeness (QED) is 0.398. The van der Waals surface area contributed by atoms with Crippen LogP contribution in [0, 0.1) is 6.92 Å². The van der Waals surface area contributed by atoms with Gasteiger partial charge in [-0.1, -0.05) is 35.9 Å². The van der Waals surface area contributed by atoms with E-state index >= 15 is 0 Å². The van der Waals surface area contributed by atoms with E-state index in [1.165, 1.54) is 11.1 Å². The predicted molar refractivity (Wildman–Crippen MR) is 136 cm³/mol. The van der Waals surface area contributed by atoms with Crippen LogP contribution in [-0.2, 0) is 10.2 Å². The zero-order valence-electron chi connectivity index (χ0n) is 18.0. The number of anilines is 3. The minimum atomic E-state index is -0.0333. The van der Waals surface area contributed by atoms with Gasteiger partial charge in [-0.2, -0.15) is 0 Å². The highest BCUT2D eigenvalue weighted by Crippen LogP contribution is 2.35. The second kappa shape index (κ2) is 10.3. The summed E-state index contributed by atoms with van der Waals surface area (Å²) in [4.78, 5) is 4.49. The van der Waals surface area contributed by atoms with Gasteiger partial charge in [0.05, 0.1) is 11.9 Å².